The van der Waals surface area contributed by atoms with Crippen LogP contribution in [0.25, 0.3) is 0 Å². The first-order chi connectivity index (χ1) is 13.4. The van der Waals surface area contributed by atoms with Crippen molar-refractivity contribution in [2.75, 3.05) is 18.5 Å². The van der Waals surface area contributed by atoms with Crippen molar-refractivity contribution in [1.29, 1.82) is 0 Å². The second-order valence-electron chi connectivity index (χ2n) is 5.95. The number of benzene rings is 2. The largest absolute Gasteiger partial charge is 0.494 e. The number of Topliss-reactive ketones (excluding diaryl/α,β-unsaturated/α-hetero) is 1. The van der Waals surface area contributed by atoms with E-state index in [2.05, 4.69) is 5.32 Å². The number of ether oxygens (including phenoxy) is 3. The van der Waals surface area contributed by atoms with Crippen molar-refractivity contribution in [2.24, 2.45) is 0 Å². The van der Waals surface area contributed by atoms with Gasteiger partial charge >= 0.3 is 5.97 Å². The monoisotopic (exact) mass is 385 g/mol. The van der Waals surface area contributed by atoms with E-state index in [9.17, 15) is 14.4 Å². The van der Waals surface area contributed by atoms with Gasteiger partial charge in [-0.15, -0.1) is 0 Å². The van der Waals surface area contributed by atoms with Gasteiger partial charge in [-0.3, -0.25) is 9.59 Å². The fraction of sp³-hybridized carbons (Fsp3) is 0.286. The molecule has 1 N–H and O–H groups in total. The molecule has 0 spiro atoms. The fourth-order valence-corrected chi connectivity index (χ4v) is 2.28. The number of esters is 1. The van der Waals surface area contributed by atoms with Crippen molar-refractivity contribution in [3.05, 3.63) is 54.1 Å². The average Bonchev–Trinajstić information content (AvgIpc) is 2.68. The van der Waals surface area contributed by atoms with E-state index in [1.54, 1.807) is 42.5 Å². The van der Waals surface area contributed by atoms with E-state index >= 15 is 0 Å². The van der Waals surface area contributed by atoms with Gasteiger partial charge in [-0.25, -0.2) is 4.79 Å². The molecule has 0 saturated carbocycles. The number of carbonyl (C=O) groups is 3. The molecule has 148 valence electrons. The lowest BCUT2D eigenvalue weighted by Crippen LogP contribution is -2.31. The summed E-state index contributed by atoms with van der Waals surface area (Å²) < 4.78 is 15.7. The SMILES string of the molecule is CCOc1ccc(NC(=O)[C@H](C)OC(=O)COc2cccc(C(C)=O)c2)cc1. The number of hydrogen-bond acceptors (Lipinski definition) is 6. The topological polar surface area (TPSA) is 90.9 Å². The van der Waals surface area contributed by atoms with Crippen LogP contribution in [-0.2, 0) is 14.3 Å². The molecule has 1 amide bonds. The molecule has 1 atom stereocenters. The molecule has 0 bridgehead atoms. The molecule has 0 aliphatic heterocycles. The smallest absolute Gasteiger partial charge is 0.344 e. The van der Waals surface area contributed by atoms with E-state index in [1.165, 1.54) is 19.9 Å². The summed E-state index contributed by atoms with van der Waals surface area (Å²) in [5.74, 6) is -0.187. The molecular weight excluding hydrogens is 362 g/mol. The summed E-state index contributed by atoms with van der Waals surface area (Å²) in [5.41, 5.74) is 1.04. The van der Waals surface area contributed by atoms with Gasteiger partial charge in [-0.2, -0.15) is 0 Å². The third kappa shape index (κ3) is 6.42. The minimum Gasteiger partial charge on any atom is -0.494 e. The highest BCUT2D eigenvalue weighted by molar-refractivity contribution is 5.95. The van der Waals surface area contributed by atoms with E-state index in [-0.39, 0.29) is 12.4 Å². The predicted molar refractivity (Wildman–Crippen MR) is 104 cm³/mol. The van der Waals surface area contributed by atoms with Crippen LogP contribution in [0.1, 0.15) is 31.1 Å². The minimum atomic E-state index is -0.994. The number of ketones is 1. The summed E-state index contributed by atoms with van der Waals surface area (Å²) in [6.07, 6.45) is -0.994. The van der Waals surface area contributed by atoms with E-state index < -0.39 is 18.0 Å². The zero-order chi connectivity index (χ0) is 20.5. The second kappa shape index (κ2) is 10.1. The molecule has 0 radical (unpaired) electrons. The van der Waals surface area contributed by atoms with Gasteiger partial charge in [0.1, 0.15) is 11.5 Å². The Hall–Kier alpha value is -3.35. The van der Waals surface area contributed by atoms with Crippen LogP contribution < -0.4 is 14.8 Å². The average molecular weight is 385 g/mol. The third-order valence-electron chi connectivity index (χ3n) is 3.71. The molecule has 0 aliphatic rings. The Balaban J connectivity index is 1.81. The molecule has 28 heavy (non-hydrogen) atoms. The van der Waals surface area contributed by atoms with Crippen molar-refractivity contribution < 1.29 is 28.6 Å². The summed E-state index contributed by atoms with van der Waals surface area (Å²) in [4.78, 5) is 35.4. The lowest BCUT2D eigenvalue weighted by molar-refractivity contribution is -0.155. The Kier molecular flexibility index (Phi) is 7.56. The molecule has 2 rings (SSSR count). The van der Waals surface area contributed by atoms with E-state index in [0.29, 0.717) is 29.4 Å². The zero-order valence-corrected chi connectivity index (χ0v) is 16.1. The molecule has 0 fully saturated rings. The van der Waals surface area contributed by atoms with Crippen LogP contribution in [-0.4, -0.2) is 37.0 Å². The summed E-state index contributed by atoms with van der Waals surface area (Å²) in [6, 6.07) is 13.3. The Bertz CT molecular complexity index is 831. The number of carbonyl (C=O) groups excluding carboxylic acids is 3. The lowest BCUT2D eigenvalue weighted by Gasteiger charge is -2.14. The highest BCUT2D eigenvalue weighted by Gasteiger charge is 2.18. The number of anilines is 1. The molecule has 0 heterocycles. The normalized spacial score (nSPS) is 11.2. The van der Waals surface area contributed by atoms with Gasteiger partial charge in [0.05, 0.1) is 6.61 Å². The fourth-order valence-electron chi connectivity index (χ4n) is 2.28. The molecule has 0 unspecified atom stereocenters. The third-order valence-corrected chi connectivity index (χ3v) is 3.71. The van der Waals surface area contributed by atoms with Crippen LogP contribution in [0.4, 0.5) is 5.69 Å². The van der Waals surface area contributed by atoms with Gasteiger partial charge in [0, 0.05) is 11.3 Å². The highest BCUT2D eigenvalue weighted by Crippen LogP contribution is 2.16. The Labute approximate surface area is 163 Å². The van der Waals surface area contributed by atoms with E-state index in [0.717, 1.165) is 0 Å². The highest BCUT2D eigenvalue weighted by atomic mass is 16.6. The number of hydrogen-bond donors (Lipinski definition) is 1. The van der Waals surface area contributed by atoms with E-state index in [4.69, 9.17) is 14.2 Å². The maximum Gasteiger partial charge on any atom is 0.344 e. The summed E-state index contributed by atoms with van der Waals surface area (Å²) in [5, 5.41) is 2.66. The first kappa shape index (κ1) is 21.0. The quantitative estimate of drug-likeness (QED) is 0.526. The first-order valence-corrected chi connectivity index (χ1v) is 8.86. The number of amides is 1. The Morgan fingerprint density at radius 2 is 1.71 bits per heavy atom. The first-order valence-electron chi connectivity index (χ1n) is 8.86. The van der Waals surface area contributed by atoms with Crippen molar-refractivity contribution in [3.63, 3.8) is 0 Å². The zero-order valence-electron chi connectivity index (χ0n) is 16.1. The van der Waals surface area contributed by atoms with Gasteiger partial charge in [0.25, 0.3) is 5.91 Å². The lowest BCUT2D eigenvalue weighted by atomic mass is 10.1. The summed E-state index contributed by atoms with van der Waals surface area (Å²) >= 11 is 0. The van der Waals surface area contributed by atoms with Crippen molar-refractivity contribution in [1.82, 2.24) is 0 Å². The van der Waals surface area contributed by atoms with Crippen molar-refractivity contribution in [2.45, 2.75) is 26.9 Å². The molecule has 7 heteroatoms. The van der Waals surface area contributed by atoms with Crippen LogP contribution >= 0.6 is 0 Å². The predicted octanol–water partition coefficient (Wildman–Crippen LogP) is 3.24. The molecule has 0 aliphatic carbocycles. The summed E-state index contributed by atoms with van der Waals surface area (Å²) in [6.45, 7) is 4.98. The molecular formula is C21H23NO6. The van der Waals surface area contributed by atoms with Gasteiger partial charge in [0.15, 0.2) is 18.5 Å². The number of rotatable bonds is 9. The Morgan fingerprint density at radius 1 is 1.00 bits per heavy atom. The molecule has 2 aromatic rings. The van der Waals surface area contributed by atoms with E-state index in [1.807, 2.05) is 6.92 Å². The van der Waals surface area contributed by atoms with Crippen molar-refractivity contribution >= 4 is 23.3 Å². The molecule has 0 saturated heterocycles. The van der Waals surface area contributed by atoms with Gasteiger partial charge < -0.3 is 19.5 Å². The van der Waals surface area contributed by atoms with Crippen LogP contribution in [0.3, 0.4) is 0 Å². The molecule has 0 aromatic heterocycles. The maximum atomic E-state index is 12.2. The maximum absolute atomic E-state index is 12.2. The van der Waals surface area contributed by atoms with Gasteiger partial charge in [-0.05, 0) is 57.2 Å². The van der Waals surface area contributed by atoms with Crippen LogP contribution in [0.5, 0.6) is 11.5 Å². The second-order valence-corrected chi connectivity index (χ2v) is 5.95. The Morgan fingerprint density at radius 3 is 2.36 bits per heavy atom. The molecule has 7 nitrogen and oxygen atoms in total. The standard InChI is InChI=1S/C21H23NO6/c1-4-26-18-10-8-17(9-11-18)22-21(25)15(3)28-20(24)13-27-19-7-5-6-16(12-19)14(2)23/h5-12,15H,4,13H2,1-3H3,(H,22,25)/t15-/m0/s1. The minimum absolute atomic E-state index is 0.104. The summed E-state index contributed by atoms with van der Waals surface area (Å²) in [7, 11) is 0. The van der Waals surface area contributed by atoms with Crippen LogP contribution in [0.2, 0.25) is 0 Å². The van der Waals surface area contributed by atoms with Crippen LogP contribution in [0, 0.1) is 0 Å². The molecule has 2 aromatic carbocycles. The van der Waals surface area contributed by atoms with Crippen molar-refractivity contribution in [3.8, 4) is 11.5 Å². The van der Waals surface area contributed by atoms with Gasteiger partial charge in [-0.1, -0.05) is 12.1 Å². The number of nitrogens with one attached hydrogen (secondary N) is 1. The van der Waals surface area contributed by atoms with Gasteiger partial charge in [0.2, 0.25) is 0 Å². The van der Waals surface area contributed by atoms with Crippen LogP contribution in [0.15, 0.2) is 48.5 Å².